The molecule has 3 saturated carbocycles. The molecule has 1 heterocycles. The van der Waals surface area contributed by atoms with Gasteiger partial charge in [-0.1, -0.05) is 19.9 Å². The summed E-state index contributed by atoms with van der Waals surface area (Å²) < 4.78 is 86.0. The maximum absolute atomic E-state index is 13.6. The molecule has 0 aromatic heterocycles. The number of hydrogen-bond donors (Lipinski definition) is 1. The van der Waals surface area contributed by atoms with Crippen LogP contribution in [0.4, 0.5) is 32.0 Å². The minimum atomic E-state index is -4.92. The smallest absolute Gasteiger partial charge is 0.418 e. The van der Waals surface area contributed by atoms with Crippen LogP contribution < -0.4 is 5.32 Å². The number of anilines is 1. The Balaban J connectivity index is 1.40. The molecule has 0 saturated heterocycles. The molecule has 0 unspecified atom stereocenters. The third-order valence-electron chi connectivity index (χ3n) is 9.76. The molecule has 5 rings (SSSR count). The summed E-state index contributed by atoms with van der Waals surface area (Å²) >= 11 is 0. The highest BCUT2D eigenvalue weighted by molar-refractivity contribution is 5.94. The Bertz CT molecular complexity index is 1140. The van der Waals surface area contributed by atoms with Crippen LogP contribution in [0.1, 0.15) is 63.5 Å². The minimum Gasteiger partial charge on any atom is -0.458 e. The first-order valence-corrected chi connectivity index (χ1v) is 12.6. The fourth-order valence-corrected chi connectivity index (χ4v) is 7.92. The molecule has 1 aromatic rings. The highest BCUT2D eigenvalue weighted by Crippen LogP contribution is 2.65. The predicted octanol–water partition coefficient (Wildman–Crippen LogP) is 7.00. The van der Waals surface area contributed by atoms with E-state index in [4.69, 9.17) is 4.74 Å². The number of nitrogens with one attached hydrogen (secondary N) is 1. The fourth-order valence-electron chi connectivity index (χ4n) is 7.92. The molecule has 37 heavy (non-hydrogen) atoms. The molecule has 1 aliphatic heterocycles. The molecule has 1 aromatic carbocycles. The Morgan fingerprint density at radius 3 is 2.38 bits per heavy atom. The molecular weight excluding hydrogens is 500 g/mol. The first-order chi connectivity index (χ1) is 17.1. The third-order valence-corrected chi connectivity index (χ3v) is 9.76. The van der Waals surface area contributed by atoms with Gasteiger partial charge in [0.15, 0.2) is 0 Å². The van der Waals surface area contributed by atoms with Gasteiger partial charge in [0.1, 0.15) is 6.10 Å². The lowest BCUT2D eigenvalue weighted by Gasteiger charge is -2.58. The number of amides is 1. The van der Waals surface area contributed by atoms with Crippen molar-refractivity contribution in [3.8, 4) is 0 Å². The number of fused-ring (bicyclic) bond motifs is 5. The average Bonchev–Trinajstić information content (AvgIpc) is 3.15. The van der Waals surface area contributed by atoms with Gasteiger partial charge in [0, 0.05) is 17.4 Å². The summed E-state index contributed by atoms with van der Waals surface area (Å²) in [5.74, 6) is -0.963. The SMILES string of the molecule is C[C@]12C=CC(=O)O[C@@H]1CC[C@@H]1[C@@H]2CC[C@]2(C)[C@@H](C(=O)Nc3cc(C(F)(F)F)ccc3C(F)(F)F)CC[C@@H]12. The fraction of sp³-hybridized carbons (Fsp3) is 0.630. The van der Waals surface area contributed by atoms with Crippen LogP contribution in [0.2, 0.25) is 0 Å². The molecule has 0 bridgehead atoms. The van der Waals surface area contributed by atoms with E-state index in [0.717, 1.165) is 12.8 Å². The Morgan fingerprint density at radius 2 is 1.70 bits per heavy atom. The quantitative estimate of drug-likeness (QED) is 0.332. The minimum absolute atomic E-state index is 0.148. The van der Waals surface area contributed by atoms with Crippen LogP contribution in [0.25, 0.3) is 0 Å². The molecule has 4 nitrogen and oxygen atoms in total. The van der Waals surface area contributed by atoms with E-state index in [1.54, 1.807) is 0 Å². The van der Waals surface area contributed by atoms with E-state index in [1.165, 1.54) is 6.08 Å². The zero-order valence-electron chi connectivity index (χ0n) is 20.5. The number of benzene rings is 1. The summed E-state index contributed by atoms with van der Waals surface area (Å²) in [5.41, 5.74) is -4.21. The molecular formula is C27H29F6NO3. The molecule has 10 heteroatoms. The summed E-state index contributed by atoms with van der Waals surface area (Å²) in [4.78, 5) is 25.2. The second-order valence-corrected chi connectivity index (χ2v) is 11.5. The lowest BCUT2D eigenvalue weighted by molar-refractivity contribution is -0.167. The summed E-state index contributed by atoms with van der Waals surface area (Å²) in [7, 11) is 0. The van der Waals surface area contributed by atoms with Crippen molar-refractivity contribution in [1.82, 2.24) is 0 Å². The van der Waals surface area contributed by atoms with Gasteiger partial charge in [0.05, 0.1) is 16.8 Å². The van der Waals surface area contributed by atoms with Gasteiger partial charge in [0.2, 0.25) is 5.91 Å². The number of carbonyl (C=O) groups is 2. The maximum Gasteiger partial charge on any atom is 0.418 e. The summed E-state index contributed by atoms with van der Waals surface area (Å²) in [5, 5.41) is 2.23. The molecule has 3 aliphatic carbocycles. The monoisotopic (exact) mass is 529 g/mol. The van der Waals surface area contributed by atoms with Crippen LogP contribution >= 0.6 is 0 Å². The normalized spacial score (nSPS) is 37.3. The zero-order valence-corrected chi connectivity index (χ0v) is 20.5. The summed E-state index contributed by atoms with van der Waals surface area (Å²) in [6.07, 6.45) is -2.39. The highest BCUT2D eigenvalue weighted by Gasteiger charge is 2.61. The first kappa shape index (κ1) is 26.1. The van der Waals surface area contributed by atoms with E-state index in [0.29, 0.717) is 43.9 Å². The first-order valence-electron chi connectivity index (χ1n) is 12.6. The van der Waals surface area contributed by atoms with Crippen LogP contribution in [0, 0.1) is 34.5 Å². The molecule has 0 radical (unpaired) electrons. The van der Waals surface area contributed by atoms with Crippen LogP contribution in [0.3, 0.4) is 0 Å². The van der Waals surface area contributed by atoms with Crippen LogP contribution in [-0.2, 0) is 26.7 Å². The standard InChI is InChI=1S/C27H29F6NO3/c1-24-11-9-17-15(4-8-21-25(17,2)12-10-22(35)37-21)16(24)6-7-19(24)23(36)34-20-13-14(26(28,29)30)3-5-18(20)27(31,32)33/h3,5,10,12-13,15-17,19,21H,4,6-9,11H2,1-2H3,(H,34,36)/t15-,16-,17-,19+,21+,24-,25+/m0/s1. The molecule has 4 aliphatic rings. The lowest BCUT2D eigenvalue weighted by atomic mass is 9.48. The van der Waals surface area contributed by atoms with E-state index in [-0.39, 0.29) is 35.2 Å². The molecule has 0 spiro atoms. The Hall–Kier alpha value is -2.52. The van der Waals surface area contributed by atoms with Crippen LogP contribution in [0.15, 0.2) is 30.4 Å². The van der Waals surface area contributed by atoms with Gasteiger partial charge in [0.25, 0.3) is 0 Å². The number of carbonyl (C=O) groups excluding carboxylic acids is 2. The lowest BCUT2D eigenvalue weighted by Crippen LogP contribution is -2.55. The Morgan fingerprint density at radius 1 is 0.973 bits per heavy atom. The number of rotatable bonds is 2. The number of esters is 1. The van der Waals surface area contributed by atoms with E-state index < -0.39 is 46.4 Å². The van der Waals surface area contributed by atoms with Crippen molar-refractivity contribution < 1.29 is 40.7 Å². The molecule has 1 amide bonds. The Labute approximate surface area is 210 Å². The zero-order chi connectivity index (χ0) is 27.0. The third kappa shape index (κ3) is 4.24. The molecule has 1 N–H and O–H groups in total. The van der Waals surface area contributed by atoms with Crippen molar-refractivity contribution in [3.05, 3.63) is 41.5 Å². The van der Waals surface area contributed by atoms with Crippen LogP contribution in [0.5, 0.6) is 0 Å². The molecule has 202 valence electrons. The Kier molecular flexibility index (Phi) is 5.99. The van der Waals surface area contributed by atoms with Crippen molar-refractivity contribution in [3.63, 3.8) is 0 Å². The van der Waals surface area contributed by atoms with Crippen molar-refractivity contribution in [2.45, 2.75) is 70.8 Å². The number of hydrogen-bond acceptors (Lipinski definition) is 3. The predicted molar refractivity (Wildman–Crippen MR) is 122 cm³/mol. The number of ether oxygens (including phenoxy) is 1. The van der Waals surface area contributed by atoms with E-state index in [9.17, 15) is 35.9 Å². The summed E-state index contributed by atoms with van der Waals surface area (Å²) in [6.45, 7) is 4.10. The van der Waals surface area contributed by atoms with Crippen molar-refractivity contribution >= 4 is 17.6 Å². The van der Waals surface area contributed by atoms with Crippen molar-refractivity contribution in [2.75, 3.05) is 5.32 Å². The average molecular weight is 530 g/mol. The van der Waals surface area contributed by atoms with Gasteiger partial charge in [-0.25, -0.2) is 4.79 Å². The maximum atomic E-state index is 13.6. The van der Waals surface area contributed by atoms with E-state index in [1.807, 2.05) is 13.0 Å². The second-order valence-electron chi connectivity index (χ2n) is 11.5. The largest absolute Gasteiger partial charge is 0.458 e. The van der Waals surface area contributed by atoms with Gasteiger partial charge in [-0.15, -0.1) is 0 Å². The van der Waals surface area contributed by atoms with E-state index in [2.05, 4.69) is 12.2 Å². The highest BCUT2D eigenvalue weighted by atomic mass is 19.4. The number of halogens is 6. The molecule has 3 fully saturated rings. The van der Waals surface area contributed by atoms with Gasteiger partial charge in [-0.2, -0.15) is 26.3 Å². The van der Waals surface area contributed by atoms with Crippen LogP contribution in [-0.4, -0.2) is 18.0 Å². The number of alkyl halides is 6. The van der Waals surface area contributed by atoms with Gasteiger partial charge >= 0.3 is 18.3 Å². The van der Waals surface area contributed by atoms with Gasteiger partial charge < -0.3 is 10.1 Å². The van der Waals surface area contributed by atoms with Crippen molar-refractivity contribution in [1.29, 1.82) is 0 Å². The molecule has 7 atom stereocenters. The van der Waals surface area contributed by atoms with Crippen molar-refractivity contribution in [2.24, 2.45) is 34.5 Å². The van der Waals surface area contributed by atoms with Gasteiger partial charge in [-0.3, -0.25) is 4.79 Å². The second kappa shape index (κ2) is 8.50. The summed E-state index contributed by atoms with van der Waals surface area (Å²) in [6, 6.07) is 1.11. The topological polar surface area (TPSA) is 55.4 Å². The van der Waals surface area contributed by atoms with Gasteiger partial charge in [-0.05, 0) is 79.9 Å². The van der Waals surface area contributed by atoms with E-state index >= 15 is 0 Å².